The van der Waals surface area contributed by atoms with Crippen molar-refractivity contribution in [3.63, 3.8) is 0 Å². The molecule has 0 heterocycles. The molecule has 0 aliphatic heterocycles. The van der Waals surface area contributed by atoms with Gasteiger partial charge in [-0.15, -0.1) is 0 Å². The Labute approximate surface area is 567 Å². The van der Waals surface area contributed by atoms with E-state index in [-0.39, 0.29) is 0 Å². The summed E-state index contributed by atoms with van der Waals surface area (Å²) in [6.45, 7) is 0. The SMILES string of the molecule is Brc1cccc(-c2ccc3c(ccc4ccccc43)c2)c1.OB(O)c1c2ccccc2c(-c2ccccc2-c2ccccc2)c2ccccc12.c1ccc(-c2ccccc2-c2c3ccccc3c(-c3cccc(-c4ccc5c(ccc6ccccc65)c4)c3)c3ccccc23)cc1. The van der Waals surface area contributed by atoms with Gasteiger partial charge >= 0.3 is 7.12 Å². The van der Waals surface area contributed by atoms with Gasteiger partial charge in [0.05, 0.1) is 0 Å². The van der Waals surface area contributed by atoms with Crippen LogP contribution in [0.4, 0.5) is 0 Å². The molecule has 0 unspecified atom stereocenters. The Morgan fingerprint density at radius 2 is 0.490 bits per heavy atom. The highest BCUT2D eigenvalue weighted by molar-refractivity contribution is 9.10. The van der Waals surface area contributed by atoms with E-state index in [1.807, 2.05) is 54.6 Å². The zero-order valence-electron chi connectivity index (χ0n) is 52.5. The number of hydrogen-bond acceptors (Lipinski definition) is 2. The first-order valence-corrected chi connectivity index (χ1v) is 33.4. The zero-order chi connectivity index (χ0) is 64.5. The Bertz CT molecular complexity index is 5850. The largest absolute Gasteiger partial charge is 0.489 e. The summed E-state index contributed by atoms with van der Waals surface area (Å²) < 4.78 is 1.11. The van der Waals surface area contributed by atoms with E-state index < -0.39 is 7.12 Å². The van der Waals surface area contributed by atoms with Crippen molar-refractivity contribution in [2.75, 3.05) is 0 Å². The van der Waals surface area contributed by atoms with Crippen LogP contribution in [0.5, 0.6) is 0 Å². The summed E-state index contributed by atoms with van der Waals surface area (Å²) in [5, 5.41) is 39.5. The lowest BCUT2D eigenvalue weighted by molar-refractivity contribution is 0.426. The third kappa shape index (κ3) is 11.3. The molecule has 2 nitrogen and oxygen atoms in total. The van der Waals surface area contributed by atoms with Crippen LogP contribution in [0.2, 0.25) is 0 Å². The summed E-state index contributed by atoms with van der Waals surface area (Å²) in [4.78, 5) is 0. The molecule has 0 amide bonds. The highest BCUT2D eigenvalue weighted by Gasteiger charge is 2.24. The lowest BCUT2D eigenvalue weighted by Gasteiger charge is -2.20. The van der Waals surface area contributed by atoms with Crippen molar-refractivity contribution < 1.29 is 10.0 Å². The van der Waals surface area contributed by atoms with Crippen LogP contribution in [0.25, 0.3) is 164 Å². The van der Waals surface area contributed by atoms with Gasteiger partial charge in [-0.2, -0.15) is 0 Å². The van der Waals surface area contributed by atoms with Gasteiger partial charge < -0.3 is 10.0 Å². The maximum Gasteiger partial charge on any atom is 0.489 e. The van der Waals surface area contributed by atoms with Crippen molar-refractivity contribution in [2.24, 2.45) is 0 Å². The molecular weight excluding hydrogens is 1230 g/mol. The van der Waals surface area contributed by atoms with Crippen molar-refractivity contribution in [2.45, 2.75) is 0 Å². The maximum atomic E-state index is 10.2. The van der Waals surface area contributed by atoms with E-state index in [9.17, 15) is 10.0 Å². The molecule has 96 heavy (non-hydrogen) atoms. The number of hydrogen-bond donors (Lipinski definition) is 2. The molecule has 0 spiro atoms. The van der Waals surface area contributed by atoms with E-state index in [1.54, 1.807) is 0 Å². The zero-order valence-corrected chi connectivity index (χ0v) is 54.1. The first kappa shape index (κ1) is 59.5. The molecular formula is C92H62BBrO2. The Balaban J connectivity index is 0.000000124. The highest BCUT2D eigenvalue weighted by atomic mass is 79.9. The number of benzene rings is 18. The molecule has 0 aromatic heterocycles. The van der Waals surface area contributed by atoms with E-state index in [4.69, 9.17) is 0 Å². The molecule has 2 N–H and O–H groups in total. The quantitative estimate of drug-likeness (QED) is 0.0904. The molecule has 0 bridgehead atoms. The second-order valence-electron chi connectivity index (χ2n) is 24.5. The van der Waals surface area contributed by atoms with Gasteiger partial charge in [0.1, 0.15) is 0 Å². The van der Waals surface area contributed by atoms with Gasteiger partial charge in [-0.1, -0.05) is 350 Å². The van der Waals surface area contributed by atoms with E-state index in [1.165, 1.54) is 120 Å². The molecule has 0 atom stereocenters. The minimum Gasteiger partial charge on any atom is -0.423 e. The van der Waals surface area contributed by atoms with Crippen LogP contribution >= 0.6 is 15.9 Å². The molecule has 0 aliphatic carbocycles. The molecule has 18 rings (SSSR count). The fraction of sp³-hybridized carbons (Fsp3) is 0. The smallest absolute Gasteiger partial charge is 0.423 e. The maximum absolute atomic E-state index is 10.2. The Kier molecular flexibility index (Phi) is 16.2. The summed E-state index contributed by atoms with van der Waals surface area (Å²) in [5.74, 6) is 0. The van der Waals surface area contributed by atoms with E-state index in [2.05, 4.69) is 325 Å². The van der Waals surface area contributed by atoms with Crippen LogP contribution in [0.15, 0.2) is 368 Å². The van der Waals surface area contributed by atoms with Crippen LogP contribution in [-0.2, 0) is 0 Å². The van der Waals surface area contributed by atoms with Gasteiger partial charge in [0, 0.05) is 4.47 Å². The normalized spacial score (nSPS) is 11.3. The van der Waals surface area contributed by atoms with Gasteiger partial charge in [0.25, 0.3) is 0 Å². The molecule has 0 saturated carbocycles. The van der Waals surface area contributed by atoms with E-state index in [0.717, 1.165) is 48.3 Å². The van der Waals surface area contributed by atoms with Crippen molar-refractivity contribution in [3.05, 3.63) is 368 Å². The molecule has 18 aromatic carbocycles. The molecule has 4 heteroatoms. The Morgan fingerprint density at radius 3 is 0.927 bits per heavy atom. The van der Waals surface area contributed by atoms with Crippen LogP contribution in [0.3, 0.4) is 0 Å². The van der Waals surface area contributed by atoms with Gasteiger partial charge in [0.15, 0.2) is 0 Å². The van der Waals surface area contributed by atoms with Gasteiger partial charge in [0.2, 0.25) is 0 Å². The van der Waals surface area contributed by atoms with Crippen LogP contribution in [0, 0.1) is 0 Å². The fourth-order valence-electron chi connectivity index (χ4n) is 14.5. The second kappa shape index (κ2) is 26.1. The van der Waals surface area contributed by atoms with Crippen molar-refractivity contribution in [3.8, 4) is 77.9 Å². The van der Waals surface area contributed by atoms with Gasteiger partial charge in [-0.05, 0) is 200 Å². The number of rotatable bonds is 8. The molecule has 18 aromatic rings. The predicted molar refractivity (Wildman–Crippen MR) is 415 cm³/mol. The minimum absolute atomic E-state index is 0.553. The van der Waals surface area contributed by atoms with Crippen LogP contribution in [-0.4, -0.2) is 17.2 Å². The lowest BCUT2D eigenvalue weighted by Crippen LogP contribution is -2.31. The monoisotopic (exact) mass is 1290 g/mol. The van der Waals surface area contributed by atoms with E-state index in [0.29, 0.717) is 5.46 Å². The van der Waals surface area contributed by atoms with E-state index >= 15 is 0 Å². The van der Waals surface area contributed by atoms with Crippen LogP contribution in [0.1, 0.15) is 0 Å². The fourth-order valence-corrected chi connectivity index (χ4v) is 14.9. The molecule has 452 valence electrons. The molecule has 0 radical (unpaired) electrons. The number of fused-ring (bicyclic) bond motifs is 10. The lowest BCUT2D eigenvalue weighted by atomic mass is 9.72. The first-order chi connectivity index (χ1) is 47.4. The molecule has 0 saturated heterocycles. The van der Waals surface area contributed by atoms with Crippen LogP contribution < -0.4 is 5.46 Å². The second-order valence-corrected chi connectivity index (χ2v) is 25.4. The first-order valence-electron chi connectivity index (χ1n) is 32.6. The average Bonchev–Trinajstić information content (AvgIpc) is 0.740. The van der Waals surface area contributed by atoms with Gasteiger partial charge in [-0.25, -0.2) is 0 Å². The highest BCUT2D eigenvalue weighted by Crippen LogP contribution is 2.47. The predicted octanol–water partition coefficient (Wildman–Crippen LogP) is 24.4. The van der Waals surface area contributed by atoms with Gasteiger partial charge in [-0.3, -0.25) is 0 Å². The van der Waals surface area contributed by atoms with Crippen molar-refractivity contribution in [1.29, 1.82) is 0 Å². The molecule has 0 fully saturated rings. The summed E-state index contributed by atoms with van der Waals surface area (Å²) >= 11 is 3.54. The standard InChI is InChI=1S/C46H30.C26H19BO2.C20H13Br/c1-2-13-31(14-3-1)38-19-6-7-20-40(38)46-43-23-10-8-21-41(43)45(42-22-9-11-24-44(42)46)36-17-12-16-33(30-36)34-27-28-39-35(29-34)26-25-32-15-4-5-18-37(32)39;28-27(29)26-23-16-8-6-14-21(23)25(22-15-7-9-17-24(22)26)20-13-5-4-12-19(20)18-10-2-1-3-11-18;21-18-6-3-5-15(13-18)16-10-11-20-17(12-16)9-8-14-4-1-2-7-19(14)20/h1-30H;1-17,28-29H;1-13H. The van der Waals surface area contributed by atoms with Crippen molar-refractivity contribution >= 4 is 115 Å². The summed E-state index contributed by atoms with van der Waals surface area (Å²) in [5.41, 5.74) is 17.6. The molecule has 0 aliphatic rings. The minimum atomic E-state index is -1.54. The summed E-state index contributed by atoms with van der Waals surface area (Å²) in [6.07, 6.45) is 0. The Hall–Kier alpha value is -11.5. The summed E-state index contributed by atoms with van der Waals surface area (Å²) in [6, 6.07) is 129. The Morgan fingerprint density at radius 1 is 0.188 bits per heavy atom. The topological polar surface area (TPSA) is 40.5 Å². The van der Waals surface area contributed by atoms with Crippen molar-refractivity contribution in [1.82, 2.24) is 0 Å². The number of halogens is 1. The summed E-state index contributed by atoms with van der Waals surface area (Å²) in [7, 11) is -1.54. The average molecular weight is 1290 g/mol. The third-order valence-corrected chi connectivity index (χ3v) is 19.4. The third-order valence-electron chi connectivity index (χ3n) is 18.9.